The van der Waals surface area contributed by atoms with Crippen LogP contribution in [0.2, 0.25) is 0 Å². The summed E-state index contributed by atoms with van der Waals surface area (Å²) in [5, 5.41) is 9.53. The first kappa shape index (κ1) is 10.6. The summed E-state index contributed by atoms with van der Waals surface area (Å²) in [4.78, 5) is 10.6. The van der Waals surface area contributed by atoms with Crippen molar-refractivity contribution in [1.82, 2.24) is 0 Å². The molecule has 0 radical (unpaired) electrons. The van der Waals surface area contributed by atoms with E-state index in [9.17, 15) is 9.90 Å². The monoisotopic (exact) mass is 194 g/mol. The Balaban J connectivity index is 3.13. The van der Waals surface area contributed by atoms with E-state index in [2.05, 4.69) is 0 Å². The number of aromatic hydroxyl groups is 1. The third-order valence-corrected chi connectivity index (χ3v) is 2.01. The number of benzene rings is 1. The molecule has 0 aromatic heterocycles. The van der Waals surface area contributed by atoms with Gasteiger partial charge in [-0.2, -0.15) is 0 Å². The molecule has 0 aliphatic carbocycles. The van der Waals surface area contributed by atoms with Gasteiger partial charge in [0.2, 0.25) is 0 Å². The van der Waals surface area contributed by atoms with Crippen molar-refractivity contribution >= 4 is 6.29 Å². The maximum Gasteiger partial charge on any atom is 0.164 e. The molecule has 1 aromatic carbocycles. The SMILES string of the molecule is CCOc1c(O)cccc1C(C)C=O. The van der Waals surface area contributed by atoms with Crippen molar-refractivity contribution in [2.24, 2.45) is 0 Å². The van der Waals surface area contributed by atoms with Gasteiger partial charge in [0.25, 0.3) is 0 Å². The molecule has 1 rings (SSSR count). The fraction of sp³-hybridized carbons (Fsp3) is 0.364. The molecule has 3 heteroatoms. The van der Waals surface area contributed by atoms with Crippen molar-refractivity contribution in [2.45, 2.75) is 19.8 Å². The molecule has 1 atom stereocenters. The molecule has 0 bridgehead atoms. The molecular weight excluding hydrogens is 180 g/mol. The van der Waals surface area contributed by atoms with Gasteiger partial charge >= 0.3 is 0 Å². The van der Waals surface area contributed by atoms with Gasteiger partial charge < -0.3 is 14.6 Å². The first-order valence-corrected chi connectivity index (χ1v) is 4.60. The number of aldehydes is 1. The summed E-state index contributed by atoms with van der Waals surface area (Å²) in [6, 6.07) is 5.03. The second kappa shape index (κ2) is 4.65. The number of para-hydroxylation sites is 1. The highest BCUT2D eigenvalue weighted by molar-refractivity contribution is 5.65. The summed E-state index contributed by atoms with van der Waals surface area (Å²) in [5.41, 5.74) is 0.724. The van der Waals surface area contributed by atoms with Crippen LogP contribution in [0, 0.1) is 0 Å². The van der Waals surface area contributed by atoms with Gasteiger partial charge in [0, 0.05) is 11.5 Å². The van der Waals surface area contributed by atoms with Crippen molar-refractivity contribution in [1.29, 1.82) is 0 Å². The van der Waals surface area contributed by atoms with Crippen LogP contribution < -0.4 is 4.74 Å². The normalized spacial score (nSPS) is 12.1. The molecule has 0 saturated carbocycles. The van der Waals surface area contributed by atoms with Crippen molar-refractivity contribution in [3.8, 4) is 11.5 Å². The first-order chi connectivity index (χ1) is 6.70. The molecule has 0 heterocycles. The molecule has 0 aliphatic heterocycles. The highest BCUT2D eigenvalue weighted by Crippen LogP contribution is 2.33. The molecule has 1 aromatic rings. The summed E-state index contributed by atoms with van der Waals surface area (Å²) in [7, 11) is 0. The van der Waals surface area contributed by atoms with Crippen LogP contribution in [-0.2, 0) is 4.79 Å². The van der Waals surface area contributed by atoms with E-state index in [1.165, 1.54) is 0 Å². The first-order valence-electron chi connectivity index (χ1n) is 4.60. The van der Waals surface area contributed by atoms with Gasteiger partial charge in [0.15, 0.2) is 11.5 Å². The van der Waals surface area contributed by atoms with Crippen molar-refractivity contribution in [2.75, 3.05) is 6.61 Å². The number of hydrogen-bond donors (Lipinski definition) is 1. The van der Waals surface area contributed by atoms with Crippen LogP contribution in [0.25, 0.3) is 0 Å². The maximum absolute atomic E-state index is 10.6. The zero-order valence-corrected chi connectivity index (χ0v) is 8.36. The Bertz CT molecular complexity index is 320. The van der Waals surface area contributed by atoms with Gasteiger partial charge in [-0.05, 0) is 13.0 Å². The topological polar surface area (TPSA) is 46.5 Å². The minimum Gasteiger partial charge on any atom is -0.504 e. The van der Waals surface area contributed by atoms with Crippen molar-refractivity contribution in [3.63, 3.8) is 0 Å². The summed E-state index contributed by atoms with van der Waals surface area (Å²) in [6.07, 6.45) is 0.831. The standard InChI is InChI=1S/C11H14O3/c1-3-14-11-9(8(2)7-12)5-4-6-10(11)13/h4-8,13H,3H2,1-2H3. The lowest BCUT2D eigenvalue weighted by Crippen LogP contribution is -2.01. The lowest BCUT2D eigenvalue weighted by Gasteiger charge is -2.13. The van der Waals surface area contributed by atoms with E-state index in [1.807, 2.05) is 6.92 Å². The fourth-order valence-corrected chi connectivity index (χ4v) is 1.28. The number of phenols is 1. The van der Waals surface area contributed by atoms with Crippen LogP contribution in [0.3, 0.4) is 0 Å². The van der Waals surface area contributed by atoms with E-state index in [4.69, 9.17) is 4.74 Å². The summed E-state index contributed by atoms with van der Waals surface area (Å²) < 4.78 is 5.28. The second-order valence-corrected chi connectivity index (χ2v) is 3.05. The number of carbonyl (C=O) groups excluding carboxylic acids is 1. The fourth-order valence-electron chi connectivity index (χ4n) is 1.28. The van der Waals surface area contributed by atoms with Crippen LogP contribution in [0.1, 0.15) is 25.3 Å². The Morgan fingerprint density at radius 2 is 2.29 bits per heavy atom. The third-order valence-electron chi connectivity index (χ3n) is 2.01. The molecular formula is C11H14O3. The van der Waals surface area contributed by atoms with Crippen molar-refractivity contribution < 1.29 is 14.6 Å². The third kappa shape index (κ3) is 2.05. The van der Waals surface area contributed by atoms with Gasteiger partial charge in [0.1, 0.15) is 6.29 Å². The number of hydrogen-bond acceptors (Lipinski definition) is 3. The maximum atomic E-state index is 10.6. The van der Waals surface area contributed by atoms with Gasteiger partial charge in [-0.15, -0.1) is 0 Å². The van der Waals surface area contributed by atoms with Crippen molar-refractivity contribution in [3.05, 3.63) is 23.8 Å². The van der Waals surface area contributed by atoms with E-state index in [0.717, 1.165) is 11.8 Å². The van der Waals surface area contributed by atoms with Crippen LogP contribution in [-0.4, -0.2) is 18.0 Å². The highest BCUT2D eigenvalue weighted by atomic mass is 16.5. The Morgan fingerprint density at radius 3 is 2.86 bits per heavy atom. The van der Waals surface area contributed by atoms with Crippen LogP contribution >= 0.6 is 0 Å². The minimum atomic E-state index is -0.261. The molecule has 76 valence electrons. The molecule has 0 saturated heterocycles. The smallest absolute Gasteiger partial charge is 0.164 e. The van der Waals surface area contributed by atoms with Gasteiger partial charge in [-0.25, -0.2) is 0 Å². The minimum absolute atomic E-state index is 0.0815. The number of carbonyl (C=O) groups is 1. The zero-order chi connectivity index (χ0) is 10.6. The Kier molecular flexibility index (Phi) is 3.51. The molecule has 0 amide bonds. The lowest BCUT2D eigenvalue weighted by molar-refractivity contribution is -0.108. The van der Waals surface area contributed by atoms with Crippen LogP contribution in [0.4, 0.5) is 0 Å². The number of ether oxygens (including phenoxy) is 1. The summed E-state index contributed by atoms with van der Waals surface area (Å²) in [6.45, 7) is 4.07. The molecule has 0 fully saturated rings. The summed E-state index contributed by atoms with van der Waals surface area (Å²) in [5.74, 6) is 0.233. The van der Waals surface area contributed by atoms with E-state index < -0.39 is 0 Å². The Labute approximate surface area is 83.3 Å². The quantitative estimate of drug-likeness (QED) is 0.746. The van der Waals surface area contributed by atoms with E-state index >= 15 is 0 Å². The average molecular weight is 194 g/mol. The largest absolute Gasteiger partial charge is 0.504 e. The number of phenolic OH excluding ortho intramolecular Hbond substituents is 1. The predicted molar refractivity (Wildman–Crippen MR) is 53.8 cm³/mol. The van der Waals surface area contributed by atoms with Crippen LogP contribution in [0.5, 0.6) is 11.5 Å². The lowest BCUT2D eigenvalue weighted by atomic mass is 10.0. The van der Waals surface area contributed by atoms with E-state index in [1.54, 1.807) is 25.1 Å². The Morgan fingerprint density at radius 1 is 1.57 bits per heavy atom. The second-order valence-electron chi connectivity index (χ2n) is 3.05. The van der Waals surface area contributed by atoms with E-state index in [0.29, 0.717) is 12.4 Å². The number of rotatable bonds is 4. The average Bonchev–Trinajstić information content (AvgIpc) is 2.20. The van der Waals surface area contributed by atoms with Gasteiger partial charge in [-0.1, -0.05) is 19.1 Å². The zero-order valence-electron chi connectivity index (χ0n) is 8.36. The van der Waals surface area contributed by atoms with Gasteiger partial charge in [0.05, 0.1) is 6.61 Å². The highest BCUT2D eigenvalue weighted by Gasteiger charge is 2.13. The predicted octanol–water partition coefficient (Wildman–Crippen LogP) is 2.09. The molecule has 1 N–H and O–H groups in total. The van der Waals surface area contributed by atoms with Gasteiger partial charge in [-0.3, -0.25) is 0 Å². The molecule has 0 spiro atoms. The molecule has 0 aliphatic rings. The molecule has 3 nitrogen and oxygen atoms in total. The molecule has 14 heavy (non-hydrogen) atoms. The Hall–Kier alpha value is -1.51. The molecule has 1 unspecified atom stereocenters. The van der Waals surface area contributed by atoms with Crippen LogP contribution in [0.15, 0.2) is 18.2 Å². The van der Waals surface area contributed by atoms with E-state index in [-0.39, 0.29) is 11.7 Å². The summed E-state index contributed by atoms with van der Waals surface area (Å²) >= 11 is 0.